The van der Waals surface area contributed by atoms with Gasteiger partial charge >= 0.3 is 5.69 Å². The summed E-state index contributed by atoms with van der Waals surface area (Å²) >= 11 is 0. The summed E-state index contributed by atoms with van der Waals surface area (Å²) in [6.45, 7) is 6.70. The number of ether oxygens (including phenoxy) is 1. The normalized spacial score (nSPS) is 27.9. The third-order valence-electron chi connectivity index (χ3n) is 2.71. The molecule has 1 saturated heterocycles. The van der Waals surface area contributed by atoms with E-state index < -0.39 is 29.6 Å². The predicted octanol–water partition coefficient (Wildman–Crippen LogP) is -0.896. The molecule has 2 N–H and O–H groups in total. The molecule has 1 aliphatic rings. The maximum atomic E-state index is 11.5. The highest BCUT2D eigenvalue weighted by atomic mass is 16.5. The molecule has 17 heavy (non-hydrogen) atoms. The largest absolute Gasteiger partial charge is 0.393 e. The van der Waals surface area contributed by atoms with Gasteiger partial charge in [-0.25, -0.2) is 11.4 Å². The Morgan fingerprint density at radius 3 is 2.94 bits per heavy atom. The van der Waals surface area contributed by atoms with Crippen LogP contribution < -0.4 is 11.2 Å². The van der Waals surface area contributed by atoms with E-state index in [-0.39, 0.29) is 6.61 Å². The van der Waals surface area contributed by atoms with Crippen LogP contribution in [0.1, 0.15) is 12.6 Å². The number of nitrogens with zero attached hydrogens (tertiary/aromatic N) is 2. The minimum atomic E-state index is -0.615. The molecule has 0 spiro atoms. The second-order valence-corrected chi connectivity index (χ2v) is 3.76. The third-order valence-corrected chi connectivity index (χ3v) is 2.71. The number of hydrogen-bond donors (Lipinski definition) is 2. The van der Waals surface area contributed by atoms with Gasteiger partial charge in [0, 0.05) is 12.3 Å². The number of H-pyrrole nitrogens is 1. The van der Waals surface area contributed by atoms with Crippen LogP contribution in [0.15, 0.2) is 21.9 Å². The van der Waals surface area contributed by atoms with Gasteiger partial charge in [0.25, 0.3) is 11.6 Å². The molecule has 0 bridgehead atoms. The zero-order valence-corrected chi connectivity index (χ0v) is 8.87. The van der Waals surface area contributed by atoms with Gasteiger partial charge in [0.15, 0.2) is 6.10 Å². The molecule has 2 rings (SSSR count). The highest BCUT2D eigenvalue weighted by Gasteiger charge is 2.40. The monoisotopic (exact) mass is 237 g/mol. The predicted molar refractivity (Wildman–Crippen MR) is 57.3 cm³/mol. The van der Waals surface area contributed by atoms with Crippen LogP contribution >= 0.6 is 0 Å². The molecule has 1 aliphatic heterocycles. The topological polar surface area (TPSA) is 88.7 Å². The van der Waals surface area contributed by atoms with Crippen LogP contribution in [-0.2, 0) is 4.74 Å². The molecule has 1 aromatic heterocycles. The summed E-state index contributed by atoms with van der Waals surface area (Å²) in [7, 11) is 0. The van der Waals surface area contributed by atoms with Crippen molar-refractivity contribution >= 4 is 0 Å². The first-order chi connectivity index (χ1) is 8.15. The Bertz CT molecular complexity index is 556. The quantitative estimate of drug-likeness (QED) is 0.653. The van der Waals surface area contributed by atoms with Crippen LogP contribution in [0.2, 0.25) is 0 Å². The summed E-state index contributed by atoms with van der Waals surface area (Å²) in [5.74, 6) is 0. The Balaban J connectivity index is 2.29. The average molecular weight is 237 g/mol. The molecule has 2 heterocycles. The van der Waals surface area contributed by atoms with Gasteiger partial charge in [-0.3, -0.25) is 14.3 Å². The third kappa shape index (κ3) is 2.13. The smallest absolute Gasteiger partial charge is 0.330 e. The summed E-state index contributed by atoms with van der Waals surface area (Å²) in [6.07, 6.45) is 0.444. The molecule has 90 valence electrons. The van der Waals surface area contributed by atoms with Gasteiger partial charge in [-0.05, 0) is 0 Å². The molecule has 0 aromatic carbocycles. The van der Waals surface area contributed by atoms with Crippen molar-refractivity contribution < 1.29 is 9.84 Å². The first-order valence-corrected chi connectivity index (χ1v) is 5.10. The van der Waals surface area contributed by atoms with Gasteiger partial charge in [0.1, 0.15) is 6.23 Å². The van der Waals surface area contributed by atoms with Crippen molar-refractivity contribution in [1.82, 2.24) is 9.55 Å². The van der Waals surface area contributed by atoms with Crippen molar-refractivity contribution in [2.45, 2.75) is 24.8 Å². The van der Waals surface area contributed by atoms with Crippen LogP contribution in [0, 0.1) is 6.57 Å². The Morgan fingerprint density at radius 2 is 2.41 bits per heavy atom. The van der Waals surface area contributed by atoms with Crippen LogP contribution in [0.4, 0.5) is 0 Å². The molecule has 0 radical (unpaired) electrons. The number of aliphatic hydroxyl groups is 1. The Labute approximate surface area is 96.1 Å². The molecule has 3 atom stereocenters. The molecule has 7 heteroatoms. The summed E-state index contributed by atoms with van der Waals surface area (Å²) in [5, 5.41) is 9.03. The van der Waals surface area contributed by atoms with Gasteiger partial charge in [-0.2, -0.15) is 0 Å². The lowest BCUT2D eigenvalue weighted by Crippen LogP contribution is -2.31. The maximum Gasteiger partial charge on any atom is 0.330 e. The number of aromatic amines is 1. The van der Waals surface area contributed by atoms with E-state index in [0.717, 1.165) is 0 Å². The fourth-order valence-electron chi connectivity index (χ4n) is 1.84. The number of aliphatic hydroxyl groups excluding tert-OH is 1. The van der Waals surface area contributed by atoms with Crippen molar-refractivity contribution in [2.75, 3.05) is 6.61 Å². The molecule has 1 fully saturated rings. The zero-order valence-electron chi connectivity index (χ0n) is 8.87. The molecular weight excluding hydrogens is 226 g/mol. The van der Waals surface area contributed by atoms with E-state index in [1.54, 1.807) is 0 Å². The summed E-state index contributed by atoms with van der Waals surface area (Å²) in [4.78, 5) is 27.9. The minimum absolute atomic E-state index is 0.262. The zero-order chi connectivity index (χ0) is 12.4. The molecule has 0 aliphatic carbocycles. The summed E-state index contributed by atoms with van der Waals surface area (Å²) < 4.78 is 6.62. The lowest BCUT2D eigenvalue weighted by Gasteiger charge is -2.12. The Morgan fingerprint density at radius 1 is 1.65 bits per heavy atom. The van der Waals surface area contributed by atoms with Gasteiger partial charge in [-0.1, -0.05) is 0 Å². The van der Waals surface area contributed by atoms with Gasteiger partial charge in [0.2, 0.25) is 0 Å². The van der Waals surface area contributed by atoms with Gasteiger partial charge < -0.3 is 14.7 Å². The molecular formula is C10H11N3O4. The highest BCUT2D eigenvalue weighted by Crippen LogP contribution is 2.29. The van der Waals surface area contributed by atoms with E-state index in [4.69, 9.17) is 16.4 Å². The van der Waals surface area contributed by atoms with E-state index in [0.29, 0.717) is 6.42 Å². The molecule has 0 unspecified atom stereocenters. The first kappa shape index (κ1) is 11.6. The van der Waals surface area contributed by atoms with E-state index in [1.165, 1.54) is 16.8 Å². The Kier molecular flexibility index (Phi) is 3.08. The second kappa shape index (κ2) is 4.53. The van der Waals surface area contributed by atoms with Crippen molar-refractivity contribution in [3.63, 3.8) is 0 Å². The van der Waals surface area contributed by atoms with E-state index in [1.807, 2.05) is 0 Å². The standard InChI is InChI=1S/C10H11N3O4/c1-11-6-4-9(17-7(6)5-14)13-3-2-8(15)12-10(13)16/h2-3,6-7,9,14H,4-5H2,(H,12,15,16)/t6-,7+,9+/m1/s1. The van der Waals surface area contributed by atoms with Gasteiger partial charge in [0.05, 0.1) is 13.0 Å². The number of hydrogen-bond acceptors (Lipinski definition) is 4. The van der Waals surface area contributed by atoms with Crippen LogP contribution in [0.25, 0.3) is 4.85 Å². The summed E-state index contributed by atoms with van der Waals surface area (Å²) in [5.41, 5.74) is -1.06. The van der Waals surface area contributed by atoms with E-state index >= 15 is 0 Å². The highest BCUT2D eigenvalue weighted by molar-refractivity contribution is 4.95. The summed E-state index contributed by atoms with van der Waals surface area (Å²) in [6, 6.07) is 0.744. The molecule has 7 nitrogen and oxygen atoms in total. The first-order valence-electron chi connectivity index (χ1n) is 5.10. The second-order valence-electron chi connectivity index (χ2n) is 3.76. The molecule has 0 saturated carbocycles. The number of aromatic nitrogens is 2. The lowest BCUT2D eigenvalue weighted by molar-refractivity contribution is -0.0254. The molecule has 1 aromatic rings. The average Bonchev–Trinajstić information content (AvgIpc) is 2.72. The number of nitrogens with one attached hydrogen (secondary N) is 1. The van der Waals surface area contributed by atoms with Crippen LogP contribution in [-0.4, -0.2) is 33.4 Å². The van der Waals surface area contributed by atoms with Crippen molar-refractivity contribution in [2.24, 2.45) is 0 Å². The van der Waals surface area contributed by atoms with Crippen LogP contribution in [0.5, 0.6) is 0 Å². The lowest BCUT2D eigenvalue weighted by atomic mass is 10.1. The van der Waals surface area contributed by atoms with Gasteiger partial charge in [-0.15, -0.1) is 0 Å². The van der Waals surface area contributed by atoms with E-state index in [2.05, 4.69) is 9.83 Å². The Hall–Kier alpha value is -1.91. The number of rotatable bonds is 2. The van der Waals surface area contributed by atoms with Crippen molar-refractivity contribution in [1.29, 1.82) is 0 Å². The van der Waals surface area contributed by atoms with Crippen LogP contribution in [0.3, 0.4) is 0 Å². The van der Waals surface area contributed by atoms with E-state index in [9.17, 15) is 9.59 Å². The fourth-order valence-corrected chi connectivity index (χ4v) is 1.84. The fraction of sp³-hybridized carbons (Fsp3) is 0.500. The van der Waals surface area contributed by atoms with Crippen molar-refractivity contribution in [3.05, 3.63) is 44.5 Å². The SMILES string of the molecule is [C-]#[N+][C@@H]1C[C@@H](n2ccc(=O)[nH]c2=O)O[C@H]1CO. The maximum absolute atomic E-state index is 11.5. The molecule has 0 amide bonds. The van der Waals surface area contributed by atoms with Crippen molar-refractivity contribution in [3.8, 4) is 0 Å². The minimum Gasteiger partial charge on any atom is -0.393 e.